The molecule has 1 atom stereocenters. The van der Waals surface area contributed by atoms with Gasteiger partial charge in [-0.15, -0.1) is 0 Å². The second-order valence-corrected chi connectivity index (χ2v) is 7.82. The van der Waals surface area contributed by atoms with Crippen LogP contribution in [0, 0.1) is 0 Å². The molecule has 0 spiro atoms. The van der Waals surface area contributed by atoms with Crippen LogP contribution >= 0.6 is 23.2 Å². The maximum atomic E-state index is 12.4. The summed E-state index contributed by atoms with van der Waals surface area (Å²) >= 11 is 12.0. The summed E-state index contributed by atoms with van der Waals surface area (Å²) in [6.07, 6.45) is 1.19. The van der Waals surface area contributed by atoms with Crippen molar-refractivity contribution >= 4 is 41.1 Å². The lowest BCUT2D eigenvalue weighted by Crippen LogP contribution is -2.43. The molecule has 1 unspecified atom stereocenters. The van der Waals surface area contributed by atoms with E-state index in [-0.39, 0.29) is 11.9 Å². The molecule has 2 rings (SSSR count). The van der Waals surface area contributed by atoms with Crippen molar-refractivity contribution in [3.63, 3.8) is 0 Å². The maximum absolute atomic E-state index is 12.4. The Morgan fingerprint density at radius 2 is 2.04 bits per heavy atom. The van der Waals surface area contributed by atoms with Crippen molar-refractivity contribution in [1.82, 2.24) is 20.4 Å². The number of carbonyl (C=O) groups excluding carboxylic acids is 2. The second kappa shape index (κ2) is 9.47. The Bertz CT molecular complexity index is 771. The lowest BCUT2D eigenvalue weighted by Gasteiger charge is -2.23. The zero-order chi connectivity index (χ0) is 20.9. The van der Waals surface area contributed by atoms with Crippen LogP contribution in [0.1, 0.15) is 32.3 Å². The quantitative estimate of drug-likeness (QED) is 0.303. The topological polar surface area (TPSA) is 77.0 Å². The summed E-state index contributed by atoms with van der Waals surface area (Å²) < 4.78 is 0. The molecule has 9 heteroatoms. The van der Waals surface area contributed by atoms with E-state index in [2.05, 4.69) is 15.6 Å². The third-order valence-corrected chi connectivity index (χ3v) is 5.61. The molecule has 1 aliphatic heterocycles. The van der Waals surface area contributed by atoms with E-state index in [1.165, 1.54) is 4.90 Å². The molecule has 28 heavy (non-hydrogen) atoms. The van der Waals surface area contributed by atoms with Gasteiger partial charge in [0.1, 0.15) is 5.54 Å². The predicted molar refractivity (Wildman–Crippen MR) is 113 cm³/mol. The Kier molecular flexibility index (Phi) is 7.55. The lowest BCUT2D eigenvalue weighted by atomic mass is 9.99. The van der Waals surface area contributed by atoms with Crippen LogP contribution in [0.4, 0.5) is 4.79 Å². The third kappa shape index (κ3) is 5.08. The van der Waals surface area contributed by atoms with Gasteiger partial charge in [-0.1, -0.05) is 36.2 Å². The molecule has 1 fully saturated rings. The minimum Gasteiger partial charge on any atom is -0.356 e. The van der Waals surface area contributed by atoms with Crippen LogP contribution in [0.5, 0.6) is 0 Å². The number of halogens is 2. The summed E-state index contributed by atoms with van der Waals surface area (Å²) in [4.78, 5) is 31.9. The van der Waals surface area contributed by atoms with Gasteiger partial charge < -0.3 is 15.5 Å². The van der Waals surface area contributed by atoms with Crippen LogP contribution < -0.4 is 10.6 Å². The van der Waals surface area contributed by atoms with Gasteiger partial charge in [0.05, 0.1) is 10.0 Å². The largest absolute Gasteiger partial charge is 0.356 e. The molecule has 0 aliphatic carbocycles. The van der Waals surface area contributed by atoms with Gasteiger partial charge in [-0.25, -0.2) is 4.79 Å². The molecular formula is C19H27Cl2N5O2. The highest BCUT2D eigenvalue weighted by Gasteiger charge is 2.45. The van der Waals surface area contributed by atoms with Gasteiger partial charge in [-0.2, -0.15) is 0 Å². The number of rotatable bonds is 7. The van der Waals surface area contributed by atoms with Crippen LogP contribution in [0.3, 0.4) is 0 Å². The summed E-state index contributed by atoms with van der Waals surface area (Å²) in [5.41, 5.74) is 0.221. The molecule has 1 aromatic carbocycles. The van der Waals surface area contributed by atoms with Gasteiger partial charge in [0, 0.05) is 33.7 Å². The fourth-order valence-corrected chi connectivity index (χ4v) is 3.32. The molecule has 0 aromatic heterocycles. The average molecular weight is 428 g/mol. The average Bonchev–Trinajstić information content (AvgIpc) is 2.88. The number of guanidine groups is 1. The molecule has 154 valence electrons. The summed E-state index contributed by atoms with van der Waals surface area (Å²) in [5, 5.41) is 7.05. The number of urea groups is 1. The number of hydrogen-bond acceptors (Lipinski definition) is 3. The zero-order valence-corrected chi connectivity index (χ0v) is 18.2. The van der Waals surface area contributed by atoms with Crippen LogP contribution in [-0.4, -0.2) is 60.4 Å². The van der Waals surface area contributed by atoms with Crippen molar-refractivity contribution in [2.75, 3.05) is 27.2 Å². The number of imide groups is 1. The van der Waals surface area contributed by atoms with E-state index in [0.717, 1.165) is 5.56 Å². The van der Waals surface area contributed by atoms with Gasteiger partial charge in [0.2, 0.25) is 0 Å². The normalized spacial score (nSPS) is 19.8. The van der Waals surface area contributed by atoms with Crippen LogP contribution in [0.25, 0.3) is 0 Å². The third-order valence-electron chi connectivity index (χ3n) is 4.87. The Labute approximate surface area is 176 Å². The lowest BCUT2D eigenvalue weighted by molar-refractivity contribution is -0.130. The number of nitrogens with one attached hydrogen (secondary N) is 2. The second-order valence-electron chi connectivity index (χ2n) is 7.00. The van der Waals surface area contributed by atoms with Crippen LogP contribution in [0.15, 0.2) is 23.2 Å². The summed E-state index contributed by atoms with van der Waals surface area (Å²) in [5.74, 6) is 0.544. The fraction of sp³-hybridized carbons (Fsp3) is 0.526. The zero-order valence-electron chi connectivity index (χ0n) is 16.7. The van der Waals surface area contributed by atoms with E-state index in [0.29, 0.717) is 48.5 Å². The molecule has 7 nitrogen and oxygen atoms in total. The van der Waals surface area contributed by atoms with Gasteiger partial charge in [0.15, 0.2) is 5.96 Å². The first kappa shape index (κ1) is 22.3. The molecule has 0 bridgehead atoms. The highest BCUT2D eigenvalue weighted by atomic mass is 35.5. The van der Waals surface area contributed by atoms with Crippen molar-refractivity contribution in [2.45, 2.75) is 38.8 Å². The van der Waals surface area contributed by atoms with Crippen molar-refractivity contribution in [3.05, 3.63) is 33.8 Å². The van der Waals surface area contributed by atoms with E-state index in [1.807, 2.05) is 31.0 Å². The fourth-order valence-electron chi connectivity index (χ4n) is 3.00. The molecule has 3 amide bonds. The van der Waals surface area contributed by atoms with Crippen LogP contribution in [-0.2, 0) is 11.3 Å². The molecule has 0 radical (unpaired) electrons. The SMILES string of the molecule is CCC1(C)NC(=O)N(CCCNC(=NC)N(C)Cc2ccc(Cl)c(Cl)c2)C1=O. The highest BCUT2D eigenvalue weighted by Crippen LogP contribution is 2.23. The smallest absolute Gasteiger partial charge is 0.325 e. The van der Waals surface area contributed by atoms with Crippen molar-refractivity contribution in [3.8, 4) is 0 Å². The molecule has 1 aromatic rings. The number of aliphatic imine (C=N–C) groups is 1. The van der Waals surface area contributed by atoms with Gasteiger partial charge in [-0.05, 0) is 37.5 Å². The Morgan fingerprint density at radius 1 is 1.32 bits per heavy atom. The number of carbonyl (C=O) groups is 2. The predicted octanol–water partition coefficient (Wildman–Crippen LogP) is 3.11. The molecule has 1 aliphatic rings. The van der Waals surface area contributed by atoms with Gasteiger partial charge in [0.25, 0.3) is 5.91 Å². The number of hydrogen-bond donors (Lipinski definition) is 2. The minimum atomic E-state index is -0.791. The highest BCUT2D eigenvalue weighted by molar-refractivity contribution is 6.42. The van der Waals surface area contributed by atoms with Gasteiger partial charge in [-0.3, -0.25) is 14.7 Å². The van der Waals surface area contributed by atoms with E-state index >= 15 is 0 Å². The van der Waals surface area contributed by atoms with Crippen molar-refractivity contribution in [1.29, 1.82) is 0 Å². The minimum absolute atomic E-state index is 0.166. The van der Waals surface area contributed by atoms with Crippen LogP contribution in [0.2, 0.25) is 10.0 Å². The molecular weight excluding hydrogens is 401 g/mol. The van der Waals surface area contributed by atoms with E-state index in [9.17, 15) is 9.59 Å². The number of benzene rings is 1. The Morgan fingerprint density at radius 3 is 2.61 bits per heavy atom. The van der Waals surface area contributed by atoms with E-state index < -0.39 is 5.54 Å². The molecule has 1 saturated heterocycles. The molecule has 1 heterocycles. The first-order valence-electron chi connectivity index (χ1n) is 9.21. The number of amides is 3. The summed E-state index contributed by atoms with van der Waals surface area (Å²) in [6, 6.07) is 5.19. The molecule has 2 N–H and O–H groups in total. The van der Waals surface area contributed by atoms with Gasteiger partial charge >= 0.3 is 6.03 Å². The van der Waals surface area contributed by atoms with Crippen molar-refractivity contribution < 1.29 is 9.59 Å². The molecule has 0 saturated carbocycles. The van der Waals surface area contributed by atoms with E-state index in [4.69, 9.17) is 23.2 Å². The van der Waals surface area contributed by atoms with Crippen molar-refractivity contribution in [2.24, 2.45) is 4.99 Å². The first-order valence-corrected chi connectivity index (χ1v) is 9.97. The number of nitrogens with zero attached hydrogens (tertiary/aromatic N) is 3. The maximum Gasteiger partial charge on any atom is 0.325 e. The first-order chi connectivity index (χ1) is 13.2. The summed E-state index contributed by atoms with van der Waals surface area (Å²) in [7, 11) is 3.62. The van der Waals surface area contributed by atoms with E-state index in [1.54, 1.807) is 20.0 Å². The Balaban J connectivity index is 1.83. The standard InChI is InChI=1S/C19H27Cl2N5O2/c1-5-19(2)16(27)26(18(28)24-19)10-6-9-23-17(22-3)25(4)12-13-7-8-14(20)15(21)11-13/h7-8,11H,5-6,9-10,12H2,1-4H3,(H,22,23)(H,24,28). The summed E-state index contributed by atoms with van der Waals surface area (Å²) in [6.45, 7) is 5.19. The monoisotopic (exact) mass is 427 g/mol. The Hall–Kier alpha value is -1.99.